The minimum atomic E-state index is -0.635. The van der Waals surface area contributed by atoms with Crippen LogP contribution in [0.25, 0.3) is 27.8 Å². The molecule has 0 spiro atoms. The summed E-state index contributed by atoms with van der Waals surface area (Å²) in [5.41, 5.74) is 9.42. The van der Waals surface area contributed by atoms with E-state index in [1.807, 2.05) is 36.0 Å². The van der Waals surface area contributed by atoms with Gasteiger partial charge in [0.15, 0.2) is 5.78 Å². The smallest absolute Gasteiger partial charge is 0.268 e. The number of ketones is 1. The number of pyridine rings is 2. The Hall–Kier alpha value is -5.12. The molecule has 38 heavy (non-hydrogen) atoms. The van der Waals surface area contributed by atoms with E-state index in [-0.39, 0.29) is 17.2 Å². The van der Waals surface area contributed by atoms with Crippen molar-refractivity contribution in [3.05, 3.63) is 94.4 Å². The van der Waals surface area contributed by atoms with E-state index in [4.69, 9.17) is 5.73 Å². The number of carbonyl (C=O) groups excluding carboxylic acids is 2. The predicted octanol–water partition coefficient (Wildman–Crippen LogP) is 3.53. The molecule has 0 fully saturated rings. The van der Waals surface area contributed by atoms with Crippen molar-refractivity contribution in [1.82, 2.24) is 24.1 Å². The molecule has 1 aliphatic carbocycles. The first-order valence-corrected chi connectivity index (χ1v) is 12.1. The van der Waals surface area contributed by atoms with Gasteiger partial charge in [0.25, 0.3) is 11.5 Å². The number of hydrogen-bond acceptors (Lipinski definition) is 7. The van der Waals surface area contributed by atoms with E-state index in [9.17, 15) is 14.4 Å². The van der Waals surface area contributed by atoms with Gasteiger partial charge in [-0.05, 0) is 43.2 Å². The highest BCUT2D eigenvalue weighted by molar-refractivity contribution is 6.06. The van der Waals surface area contributed by atoms with Crippen molar-refractivity contribution in [2.45, 2.75) is 19.3 Å². The molecule has 1 amide bonds. The fourth-order valence-corrected chi connectivity index (χ4v) is 4.97. The predicted molar refractivity (Wildman–Crippen MR) is 143 cm³/mol. The van der Waals surface area contributed by atoms with Gasteiger partial charge < -0.3 is 15.6 Å². The minimum Gasteiger partial charge on any atom is -0.383 e. The zero-order valence-electron chi connectivity index (χ0n) is 20.5. The molecule has 0 aliphatic heterocycles. The number of aryl methyl sites for hydroxylation is 1. The first-order valence-electron chi connectivity index (χ1n) is 12.1. The number of carbonyl (C=O) groups is 2. The maximum absolute atomic E-state index is 13.5. The number of hydrogen-bond donors (Lipinski definition) is 2. The number of aromatic nitrogens is 5. The molecule has 3 N–H and O–H groups in total. The lowest BCUT2D eigenvalue weighted by Crippen LogP contribution is -2.33. The molecule has 0 saturated heterocycles. The van der Waals surface area contributed by atoms with Crippen molar-refractivity contribution in [2.75, 3.05) is 11.1 Å². The van der Waals surface area contributed by atoms with Gasteiger partial charge in [-0.25, -0.2) is 15.0 Å². The summed E-state index contributed by atoms with van der Waals surface area (Å²) < 4.78 is 3.33. The Bertz CT molecular complexity index is 1790. The minimum absolute atomic E-state index is 0.0780. The third-order valence-corrected chi connectivity index (χ3v) is 6.78. The maximum atomic E-state index is 13.5. The van der Waals surface area contributed by atoms with Crippen LogP contribution in [-0.4, -0.2) is 35.8 Å². The molecule has 6 rings (SSSR count). The van der Waals surface area contributed by atoms with Crippen molar-refractivity contribution < 1.29 is 9.59 Å². The Kier molecular flexibility index (Phi) is 5.56. The molecular formula is C28H23N7O3. The van der Waals surface area contributed by atoms with Crippen molar-refractivity contribution in [2.24, 2.45) is 7.05 Å². The van der Waals surface area contributed by atoms with Gasteiger partial charge in [-0.2, -0.15) is 0 Å². The second-order valence-corrected chi connectivity index (χ2v) is 9.17. The molecular weight excluding hydrogens is 482 g/mol. The van der Waals surface area contributed by atoms with Gasteiger partial charge in [0.2, 0.25) is 0 Å². The standard InChI is InChI=1S/C28H23N7O3/c1-34-14-20(24-25(29)31-15-32-26(24)34)16-10-11-23(30-13-16)33-27(37)19-12-18-21(8-5-9-22(18)36)35(28(19)38)17-6-3-2-4-7-17/h2-4,6-7,10-15H,5,8-9H2,1H3,(H2,29,31,32)(H,30,33,37). The van der Waals surface area contributed by atoms with Crippen molar-refractivity contribution in [3.63, 3.8) is 0 Å². The number of amides is 1. The zero-order chi connectivity index (χ0) is 26.4. The first-order chi connectivity index (χ1) is 18.4. The number of fused-ring (bicyclic) bond motifs is 2. The summed E-state index contributed by atoms with van der Waals surface area (Å²) in [4.78, 5) is 52.3. The van der Waals surface area contributed by atoms with Crippen LogP contribution in [0.2, 0.25) is 0 Å². The van der Waals surface area contributed by atoms with Gasteiger partial charge in [-0.3, -0.25) is 19.0 Å². The normalized spacial score (nSPS) is 12.9. The number of Topliss-reactive ketones (excluding diaryl/α,β-unsaturated/α-hetero) is 1. The number of nitrogens with one attached hydrogen (secondary N) is 1. The fourth-order valence-electron chi connectivity index (χ4n) is 4.97. The second-order valence-electron chi connectivity index (χ2n) is 9.17. The van der Waals surface area contributed by atoms with E-state index >= 15 is 0 Å². The Morgan fingerprint density at radius 1 is 1.00 bits per heavy atom. The van der Waals surface area contributed by atoms with Crippen LogP contribution in [0.1, 0.15) is 39.3 Å². The average molecular weight is 506 g/mol. The molecule has 4 heterocycles. The highest BCUT2D eigenvalue weighted by Crippen LogP contribution is 2.32. The number of para-hydroxylation sites is 1. The molecule has 1 aromatic carbocycles. The van der Waals surface area contributed by atoms with Crippen molar-refractivity contribution >= 4 is 34.4 Å². The average Bonchev–Trinajstić information content (AvgIpc) is 3.27. The Morgan fingerprint density at radius 3 is 2.58 bits per heavy atom. The van der Waals surface area contributed by atoms with Crippen LogP contribution in [0, 0.1) is 0 Å². The first kappa shape index (κ1) is 23.3. The molecule has 1 aliphatic rings. The molecule has 10 heteroatoms. The Balaban J connectivity index is 1.35. The van der Waals surface area contributed by atoms with Crippen LogP contribution in [-0.2, 0) is 13.5 Å². The molecule has 5 aromatic rings. The van der Waals surface area contributed by atoms with E-state index in [1.54, 1.807) is 30.5 Å². The lowest BCUT2D eigenvalue weighted by molar-refractivity contribution is 0.0971. The summed E-state index contributed by atoms with van der Waals surface area (Å²) in [5.74, 6) is -0.0905. The molecule has 0 atom stereocenters. The lowest BCUT2D eigenvalue weighted by Gasteiger charge is -2.21. The molecule has 0 unspecified atom stereocenters. The highest BCUT2D eigenvalue weighted by Gasteiger charge is 2.26. The fraction of sp³-hybridized carbons (Fsp3) is 0.143. The molecule has 10 nitrogen and oxygen atoms in total. The van der Waals surface area contributed by atoms with Crippen LogP contribution in [0.15, 0.2) is 72.0 Å². The lowest BCUT2D eigenvalue weighted by atomic mass is 9.92. The van der Waals surface area contributed by atoms with Crippen LogP contribution in [0.3, 0.4) is 0 Å². The van der Waals surface area contributed by atoms with Gasteiger partial charge >= 0.3 is 0 Å². The van der Waals surface area contributed by atoms with Crippen LogP contribution in [0.5, 0.6) is 0 Å². The molecule has 0 saturated carbocycles. The van der Waals surface area contributed by atoms with E-state index < -0.39 is 11.5 Å². The third kappa shape index (κ3) is 3.83. The van der Waals surface area contributed by atoms with Crippen LogP contribution >= 0.6 is 0 Å². The van der Waals surface area contributed by atoms with Crippen molar-refractivity contribution in [3.8, 4) is 16.8 Å². The Morgan fingerprint density at radius 2 is 1.82 bits per heavy atom. The highest BCUT2D eigenvalue weighted by atomic mass is 16.2. The van der Waals surface area contributed by atoms with E-state index in [0.717, 1.165) is 11.1 Å². The number of rotatable bonds is 4. The third-order valence-electron chi connectivity index (χ3n) is 6.78. The number of anilines is 2. The summed E-state index contributed by atoms with van der Waals surface area (Å²) in [6.07, 6.45) is 6.54. The molecule has 0 radical (unpaired) electrons. The summed E-state index contributed by atoms with van der Waals surface area (Å²) >= 11 is 0. The summed E-state index contributed by atoms with van der Waals surface area (Å²) in [5, 5.41) is 3.42. The van der Waals surface area contributed by atoms with Gasteiger partial charge in [0.1, 0.15) is 29.2 Å². The summed E-state index contributed by atoms with van der Waals surface area (Å²) in [7, 11) is 1.87. The molecule has 4 aromatic heterocycles. The number of nitrogens with two attached hydrogens (primary N) is 1. The van der Waals surface area contributed by atoms with Crippen LogP contribution < -0.4 is 16.6 Å². The monoisotopic (exact) mass is 505 g/mol. The quantitative estimate of drug-likeness (QED) is 0.381. The number of benzene rings is 1. The van der Waals surface area contributed by atoms with E-state index in [1.165, 1.54) is 17.0 Å². The zero-order valence-corrected chi connectivity index (χ0v) is 20.5. The molecule has 0 bridgehead atoms. The summed E-state index contributed by atoms with van der Waals surface area (Å²) in [6, 6.07) is 13.9. The maximum Gasteiger partial charge on any atom is 0.268 e. The van der Waals surface area contributed by atoms with Gasteiger partial charge in [-0.15, -0.1) is 0 Å². The van der Waals surface area contributed by atoms with Gasteiger partial charge in [0.05, 0.1) is 5.39 Å². The summed E-state index contributed by atoms with van der Waals surface area (Å²) in [6.45, 7) is 0. The number of nitrogens with zero attached hydrogens (tertiary/aromatic N) is 5. The van der Waals surface area contributed by atoms with E-state index in [0.29, 0.717) is 53.1 Å². The molecule has 188 valence electrons. The van der Waals surface area contributed by atoms with Crippen molar-refractivity contribution in [1.29, 1.82) is 0 Å². The second kappa shape index (κ2) is 9.07. The topological polar surface area (TPSA) is 138 Å². The van der Waals surface area contributed by atoms with Crippen LogP contribution in [0.4, 0.5) is 11.6 Å². The van der Waals surface area contributed by atoms with E-state index in [2.05, 4.69) is 20.3 Å². The van der Waals surface area contributed by atoms with Gasteiger partial charge in [-0.1, -0.05) is 18.2 Å². The number of nitrogen functional groups attached to an aromatic ring is 1. The SMILES string of the molecule is Cn1cc(-c2ccc(NC(=O)c3cc4c(n(-c5ccccc5)c3=O)CCCC4=O)nc2)c2c(N)ncnc21. The largest absolute Gasteiger partial charge is 0.383 e. The Labute approximate surface area is 216 Å². The van der Waals surface area contributed by atoms with Gasteiger partial charge in [0, 0.05) is 53.9 Å².